The number of rotatable bonds is 5. The number of carbonyl (C=O) groups excluding carboxylic acids is 2. The van der Waals surface area contributed by atoms with Crippen LogP contribution >= 0.6 is 24.0 Å². The minimum atomic E-state index is -0.786. The molecule has 214 valence electrons. The van der Waals surface area contributed by atoms with Crippen molar-refractivity contribution in [3.05, 3.63) is 71.2 Å². The number of nitrogens with one attached hydrogen (secondary N) is 2. The van der Waals surface area contributed by atoms with Crippen molar-refractivity contribution in [1.29, 1.82) is 0 Å². The summed E-state index contributed by atoms with van der Waals surface area (Å²) in [5.41, 5.74) is 1.45. The number of hydrogen-bond donors (Lipinski definition) is 4. The van der Waals surface area contributed by atoms with Crippen molar-refractivity contribution in [2.75, 3.05) is 10.2 Å². The van der Waals surface area contributed by atoms with Gasteiger partial charge in [0.15, 0.2) is 0 Å². The smallest absolute Gasteiger partial charge is 0.331 e. The molecule has 2 aromatic heterocycles. The highest BCUT2D eigenvalue weighted by molar-refractivity contribution is 7.81. The Hall–Kier alpha value is -3.60. The van der Waals surface area contributed by atoms with E-state index in [4.69, 9.17) is 17.4 Å². The second-order valence-electron chi connectivity index (χ2n) is 12.6. The number of aryl methyl sites for hydroxylation is 1. The highest BCUT2D eigenvalue weighted by atomic mass is 32.1. The van der Waals surface area contributed by atoms with E-state index < -0.39 is 11.1 Å². The summed E-state index contributed by atoms with van der Waals surface area (Å²) in [4.78, 5) is 34.9. The summed E-state index contributed by atoms with van der Waals surface area (Å²) < 4.78 is 5.73. The maximum Gasteiger partial charge on any atom is 0.331 e. The summed E-state index contributed by atoms with van der Waals surface area (Å²) >= 11 is 6.26. The molecule has 9 rings (SSSR count). The standard InChI is InChI=1S/C32H30N4O4S2/c1-18-11-21(40-20-5-3-2-4-6-20)7-8-22(18)36-23-9-10-33-28-24(23)25(34-29(36)38)26(42-28)27(37)35-30-12-19-13-31(39,15-30)17-32(41,14-19)16-30/h2-11,19,39,41H,12-17H2,1H3,(H,34,38)(H,35,37)/t19-,30-,31+,32-/m1/s1. The second kappa shape index (κ2) is 8.95. The number of para-hydroxylation sites is 1. The summed E-state index contributed by atoms with van der Waals surface area (Å²) in [5, 5.41) is 18.4. The van der Waals surface area contributed by atoms with E-state index in [1.165, 1.54) is 11.3 Å². The van der Waals surface area contributed by atoms with Crippen molar-refractivity contribution >= 4 is 63.2 Å². The van der Waals surface area contributed by atoms with E-state index in [-0.39, 0.29) is 16.7 Å². The SMILES string of the molecule is Cc1cc(Oc2ccccc2)ccc1N1C(=O)Nc2c(C(=O)N[C@@]34C[C@@H]5C[C@@](O)(C[C@@](S)(C5)C3)C4)sc3nccc1c23. The lowest BCUT2D eigenvalue weighted by molar-refractivity contribution is -0.128. The number of nitrogens with zero attached hydrogens (tertiary/aromatic N) is 2. The molecule has 10 heteroatoms. The maximum atomic E-state index is 13.9. The molecule has 4 saturated carbocycles. The van der Waals surface area contributed by atoms with Gasteiger partial charge in [0.05, 0.1) is 28.0 Å². The molecule has 0 unspecified atom stereocenters. The molecule has 0 radical (unpaired) electrons. The van der Waals surface area contributed by atoms with Gasteiger partial charge in [-0.25, -0.2) is 9.78 Å². The molecule has 0 saturated heterocycles. The molecule has 42 heavy (non-hydrogen) atoms. The number of pyridine rings is 1. The second-order valence-corrected chi connectivity index (χ2v) is 14.6. The molecule has 4 fully saturated rings. The Balaban J connectivity index is 1.13. The van der Waals surface area contributed by atoms with Crippen LogP contribution in [-0.2, 0) is 0 Å². The van der Waals surface area contributed by atoms with Crippen molar-refractivity contribution in [2.24, 2.45) is 5.92 Å². The molecule has 4 atom stereocenters. The number of benzene rings is 2. The number of thiol groups is 1. The van der Waals surface area contributed by atoms with Crippen LogP contribution in [0.1, 0.15) is 53.8 Å². The van der Waals surface area contributed by atoms with Crippen LogP contribution in [0.4, 0.5) is 21.9 Å². The molecule has 0 spiro atoms. The Morgan fingerprint density at radius 3 is 2.69 bits per heavy atom. The zero-order chi connectivity index (χ0) is 28.9. The summed E-state index contributed by atoms with van der Waals surface area (Å²) in [6, 6.07) is 16.6. The fourth-order valence-corrected chi connectivity index (χ4v) is 10.2. The number of thiophene rings is 1. The minimum absolute atomic E-state index is 0.242. The van der Waals surface area contributed by atoms with E-state index in [2.05, 4.69) is 15.6 Å². The van der Waals surface area contributed by atoms with Gasteiger partial charge in [0.2, 0.25) is 0 Å². The summed E-state index contributed by atoms with van der Waals surface area (Å²) in [6.07, 6.45) is 6.21. The van der Waals surface area contributed by atoms with Gasteiger partial charge < -0.3 is 20.5 Å². The molecule has 5 aliphatic rings. The molecule has 1 aliphatic heterocycles. The van der Waals surface area contributed by atoms with E-state index in [9.17, 15) is 14.7 Å². The van der Waals surface area contributed by atoms with Crippen molar-refractivity contribution in [1.82, 2.24) is 10.3 Å². The molecule has 3 heterocycles. The summed E-state index contributed by atoms with van der Waals surface area (Å²) in [7, 11) is 0. The monoisotopic (exact) mass is 598 g/mol. The first-order chi connectivity index (χ1) is 20.1. The van der Waals surface area contributed by atoms with Gasteiger partial charge in [-0.2, -0.15) is 12.6 Å². The number of urea groups is 1. The molecule has 3 N–H and O–H groups in total. The van der Waals surface area contributed by atoms with E-state index in [1.807, 2.05) is 61.5 Å². The van der Waals surface area contributed by atoms with Gasteiger partial charge in [0.1, 0.15) is 21.2 Å². The van der Waals surface area contributed by atoms with E-state index in [0.29, 0.717) is 51.3 Å². The molecule has 4 aliphatic carbocycles. The first-order valence-corrected chi connectivity index (χ1v) is 15.5. The first kappa shape index (κ1) is 26.1. The first-order valence-electron chi connectivity index (χ1n) is 14.3. The third-order valence-corrected chi connectivity index (χ3v) is 10.8. The number of aliphatic hydroxyl groups is 1. The third kappa shape index (κ3) is 4.11. The highest BCUT2D eigenvalue weighted by Crippen LogP contribution is 2.61. The van der Waals surface area contributed by atoms with Crippen LogP contribution in [0, 0.1) is 12.8 Å². The number of anilines is 3. The lowest BCUT2D eigenvalue weighted by Gasteiger charge is -2.63. The molecular formula is C32H30N4O4S2. The van der Waals surface area contributed by atoms with Gasteiger partial charge in [0.25, 0.3) is 5.91 Å². The number of amides is 3. The number of carbonyl (C=O) groups is 2. The van der Waals surface area contributed by atoms with Crippen LogP contribution in [-0.4, -0.2) is 37.9 Å². The number of ether oxygens (including phenoxy) is 1. The maximum absolute atomic E-state index is 13.9. The average Bonchev–Trinajstić information content (AvgIpc) is 3.27. The van der Waals surface area contributed by atoms with Gasteiger partial charge in [-0.3, -0.25) is 9.69 Å². The van der Waals surface area contributed by atoms with E-state index >= 15 is 0 Å². The van der Waals surface area contributed by atoms with Crippen LogP contribution < -0.4 is 20.3 Å². The van der Waals surface area contributed by atoms with E-state index in [0.717, 1.165) is 42.4 Å². The fraction of sp³-hybridized carbons (Fsp3) is 0.344. The normalized spacial score (nSPS) is 29.1. The Kier molecular flexibility index (Phi) is 5.55. The fourth-order valence-electron chi connectivity index (χ4n) is 8.32. The number of aromatic nitrogens is 1. The summed E-state index contributed by atoms with van der Waals surface area (Å²) in [6.45, 7) is 1.94. The van der Waals surface area contributed by atoms with E-state index in [1.54, 1.807) is 11.1 Å². The topological polar surface area (TPSA) is 104 Å². The molecule has 8 nitrogen and oxygen atoms in total. The van der Waals surface area contributed by atoms with Gasteiger partial charge in [-0.15, -0.1) is 11.3 Å². The van der Waals surface area contributed by atoms with Gasteiger partial charge in [-0.1, -0.05) is 18.2 Å². The Morgan fingerprint density at radius 1 is 1.10 bits per heavy atom. The van der Waals surface area contributed by atoms with Crippen molar-refractivity contribution in [3.63, 3.8) is 0 Å². The Bertz CT molecular complexity index is 1770. The van der Waals surface area contributed by atoms with Gasteiger partial charge in [0, 0.05) is 16.5 Å². The van der Waals surface area contributed by atoms with Gasteiger partial charge >= 0.3 is 6.03 Å². The highest BCUT2D eigenvalue weighted by Gasteiger charge is 2.62. The summed E-state index contributed by atoms with van der Waals surface area (Å²) in [5.74, 6) is 1.51. The third-order valence-electron chi connectivity index (χ3n) is 9.23. The largest absolute Gasteiger partial charge is 0.457 e. The lowest BCUT2D eigenvalue weighted by Crippen LogP contribution is -2.69. The minimum Gasteiger partial charge on any atom is -0.457 e. The zero-order valence-electron chi connectivity index (χ0n) is 23.0. The van der Waals surface area contributed by atoms with Crippen LogP contribution in [0.15, 0.2) is 60.8 Å². The zero-order valence-corrected chi connectivity index (χ0v) is 24.7. The van der Waals surface area contributed by atoms with Gasteiger partial charge in [-0.05, 0) is 93.3 Å². The van der Waals surface area contributed by atoms with Crippen LogP contribution in [0.3, 0.4) is 0 Å². The van der Waals surface area contributed by atoms with Crippen LogP contribution in [0.5, 0.6) is 11.5 Å². The Labute approximate surface area is 252 Å². The number of hydrogen-bond acceptors (Lipinski definition) is 7. The lowest BCUT2D eigenvalue weighted by atomic mass is 9.50. The Morgan fingerprint density at radius 2 is 1.93 bits per heavy atom. The molecule has 4 bridgehead atoms. The van der Waals surface area contributed by atoms with Crippen molar-refractivity contribution in [2.45, 2.75) is 61.3 Å². The van der Waals surface area contributed by atoms with Crippen molar-refractivity contribution < 1.29 is 19.4 Å². The van der Waals surface area contributed by atoms with Crippen LogP contribution in [0.2, 0.25) is 0 Å². The molecule has 2 aromatic carbocycles. The van der Waals surface area contributed by atoms with Crippen molar-refractivity contribution in [3.8, 4) is 11.5 Å². The predicted octanol–water partition coefficient (Wildman–Crippen LogP) is 6.95. The quantitative estimate of drug-likeness (QED) is 0.186. The average molecular weight is 599 g/mol. The molecular weight excluding hydrogens is 569 g/mol. The van der Waals surface area contributed by atoms with Crippen LogP contribution in [0.25, 0.3) is 10.2 Å². The molecule has 3 amide bonds. The molecule has 4 aromatic rings. The predicted molar refractivity (Wildman–Crippen MR) is 167 cm³/mol.